The third-order valence-corrected chi connectivity index (χ3v) is 6.06. The molecule has 26 heavy (non-hydrogen) atoms. The summed E-state index contributed by atoms with van der Waals surface area (Å²) in [6.45, 7) is 7.66. The van der Waals surface area contributed by atoms with E-state index >= 15 is 0 Å². The molecule has 138 valence electrons. The summed E-state index contributed by atoms with van der Waals surface area (Å²) in [4.78, 5) is 32.0. The maximum absolute atomic E-state index is 13.0. The number of fused-ring (bicyclic) bond motifs is 3. The smallest absolute Gasteiger partial charge is 0.261 e. The summed E-state index contributed by atoms with van der Waals surface area (Å²) in [5.74, 6) is 0.00158. The van der Waals surface area contributed by atoms with Gasteiger partial charge in [0.2, 0.25) is 5.91 Å². The van der Waals surface area contributed by atoms with Crippen LogP contribution in [0, 0.1) is 10.8 Å². The van der Waals surface area contributed by atoms with Crippen LogP contribution in [-0.4, -0.2) is 32.9 Å². The molecule has 1 aliphatic carbocycles. The Balaban J connectivity index is 1.60. The Morgan fingerprint density at radius 1 is 1.31 bits per heavy atom. The van der Waals surface area contributed by atoms with Crippen molar-refractivity contribution in [3.63, 3.8) is 0 Å². The zero-order valence-corrected chi connectivity index (χ0v) is 16.2. The number of carbonyl (C=O) groups excluding carboxylic acids is 1. The number of halogens is 1. The molecule has 0 unspecified atom stereocenters. The molecule has 2 fully saturated rings. The molecule has 2 aliphatic rings. The van der Waals surface area contributed by atoms with Crippen molar-refractivity contribution in [2.75, 3.05) is 6.54 Å². The highest BCUT2D eigenvalue weighted by molar-refractivity contribution is 6.31. The summed E-state index contributed by atoms with van der Waals surface area (Å²) in [6, 6.07) is 5.31. The van der Waals surface area contributed by atoms with Crippen molar-refractivity contribution in [1.29, 1.82) is 0 Å². The fourth-order valence-electron chi connectivity index (χ4n) is 5.23. The van der Waals surface area contributed by atoms with Crippen LogP contribution < -0.4 is 5.56 Å². The number of hydrogen-bond acceptors (Lipinski definition) is 3. The summed E-state index contributed by atoms with van der Waals surface area (Å²) in [6.07, 6.45) is 4.68. The molecule has 2 aromatic rings. The predicted molar refractivity (Wildman–Crippen MR) is 102 cm³/mol. The van der Waals surface area contributed by atoms with Crippen LogP contribution in [0.5, 0.6) is 0 Å². The molecule has 1 saturated heterocycles. The first-order valence-electron chi connectivity index (χ1n) is 9.10. The van der Waals surface area contributed by atoms with Gasteiger partial charge in [-0.2, -0.15) is 0 Å². The lowest BCUT2D eigenvalue weighted by Crippen LogP contribution is -2.40. The molecule has 1 saturated carbocycles. The minimum absolute atomic E-state index is 0.00158. The summed E-state index contributed by atoms with van der Waals surface area (Å²) in [5.41, 5.74) is 0.807. The van der Waals surface area contributed by atoms with E-state index in [0.717, 1.165) is 25.8 Å². The van der Waals surface area contributed by atoms with E-state index in [0.29, 0.717) is 15.9 Å². The van der Waals surface area contributed by atoms with Crippen LogP contribution in [0.1, 0.15) is 40.0 Å². The summed E-state index contributed by atoms with van der Waals surface area (Å²) < 4.78 is 1.40. The quantitative estimate of drug-likeness (QED) is 0.809. The molecule has 2 atom stereocenters. The van der Waals surface area contributed by atoms with Crippen LogP contribution in [0.15, 0.2) is 29.3 Å². The highest BCUT2D eigenvalue weighted by Crippen LogP contribution is 2.52. The van der Waals surface area contributed by atoms with E-state index in [4.69, 9.17) is 11.6 Å². The van der Waals surface area contributed by atoms with Crippen LogP contribution in [0.2, 0.25) is 5.02 Å². The van der Waals surface area contributed by atoms with E-state index in [1.807, 2.05) is 4.90 Å². The van der Waals surface area contributed by atoms with Crippen molar-refractivity contribution in [3.8, 4) is 0 Å². The second-order valence-electron chi connectivity index (χ2n) is 9.07. The van der Waals surface area contributed by atoms with Gasteiger partial charge in [0, 0.05) is 17.6 Å². The van der Waals surface area contributed by atoms with Crippen molar-refractivity contribution in [2.24, 2.45) is 10.8 Å². The van der Waals surface area contributed by atoms with E-state index in [1.54, 1.807) is 18.2 Å². The summed E-state index contributed by atoms with van der Waals surface area (Å²) >= 11 is 6.00. The Labute approximate surface area is 158 Å². The molecule has 4 rings (SSSR count). The lowest BCUT2D eigenvalue weighted by Gasteiger charge is -2.39. The number of amides is 1. The number of benzene rings is 1. The topological polar surface area (TPSA) is 55.2 Å². The molecule has 1 amide bonds. The fraction of sp³-hybridized carbons (Fsp3) is 0.550. The normalized spacial score (nSPS) is 27.1. The number of aromatic nitrogens is 2. The van der Waals surface area contributed by atoms with Crippen LogP contribution in [0.4, 0.5) is 0 Å². The van der Waals surface area contributed by atoms with Crippen molar-refractivity contribution in [1.82, 2.24) is 14.5 Å². The van der Waals surface area contributed by atoms with Gasteiger partial charge in [0.05, 0.1) is 17.2 Å². The van der Waals surface area contributed by atoms with Gasteiger partial charge in [-0.05, 0) is 48.3 Å². The van der Waals surface area contributed by atoms with Gasteiger partial charge in [0.25, 0.3) is 5.56 Å². The van der Waals surface area contributed by atoms with Crippen molar-refractivity contribution < 1.29 is 4.79 Å². The largest absolute Gasteiger partial charge is 0.338 e. The molecule has 1 aromatic carbocycles. The Kier molecular flexibility index (Phi) is 3.92. The first-order valence-corrected chi connectivity index (χ1v) is 9.48. The molecule has 0 radical (unpaired) electrons. The SMILES string of the molecule is CC1(C)C[C@H]2C[C@](C)(CN2C(=O)Cn2cnc3ccc(Cl)cc3c2=O)C1. The van der Waals surface area contributed by atoms with Crippen molar-refractivity contribution in [2.45, 2.75) is 52.6 Å². The molecule has 1 aromatic heterocycles. The molecule has 2 bridgehead atoms. The van der Waals surface area contributed by atoms with Gasteiger partial charge < -0.3 is 4.90 Å². The minimum Gasteiger partial charge on any atom is -0.338 e. The lowest BCUT2D eigenvalue weighted by atomic mass is 9.65. The number of hydrogen-bond donors (Lipinski definition) is 0. The highest BCUT2D eigenvalue weighted by atomic mass is 35.5. The molecule has 5 nitrogen and oxygen atoms in total. The molecular formula is C20H24ClN3O2. The molecule has 0 spiro atoms. The molecule has 6 heteroatoms. The van der Waals surface area contributed by atoms with Crippen LogP contribution in [0.25, 0.3) is 10.9 Å². The highest BCUT2D eigenvalue weighted by Gasteiger charge is 2.50. The van der Waals surface area contributed by atoms with Gasteiger partial charge in [0.15, 0.2) is 0 Å². The van der Waals surface area contributed by atoms with E-state index in [-0.39, 0.29) is 34.9 Å². The van der Waals surface area contributed by atoms with Crippen molar-refractivity contribution >= 4 is 28.4 Å². The zero-order valence-electron chi connectivity index (χ0n) is 15.5. The van der Waals surface area contributed by atoms with Gasteiger partial charge in [-0.3, -0.25) is 14.2 Å². The second kappa shape index (κ2) is 5.81. The zero-order chi connectivity index (χ0) is 18.7. The Bertz CT molecular complexity index is 952. The average molecular weight is 374 g/mol. The minimum atomic E-state index is -0.223. The van der Waals surface area contributed by atoms with E-state index < -0.39 is 0 Å². The van der Waals surface area contributed by atoms with Crippen LogP contribution in [0.3, 0.4) is 0 Å². The fourth-order valence-corrected chi connectivity index (χ4v) is 5.40. The number of carbonyl (C=O) groups is 1. The van der Waals surface area contributed by atoms with E-state index in [2.05, 4.69) is 25.8 Å². The van der Waals surface area contributed by atoms with Gasteiger partial charge in [-0.1, -0.05) is 32.4 Å². The average Bonchev–Trinajstić information content (AvgIpc) is 2.79. The molecule has 1 aliphatic heterocycles. The maximum atomic E-state index is 13.0. The summed E-state index contributed by atoms with van der Waals surface area (Å²) in [5, 5.41) is 0.935. The molecule has 0 N–H and O–H groups in total. The Hall–Kier alpha value is -1.88. The standard InChI is InChI=1S/C20H24ClN3O2/c1-19(2)7-14-8-20(3,10-19)11-24(14)17(25)9-23-12-22-16-5-4-13(21)6-15(16)18(23)26/h4-6,12,14H,7-11H2,1-3H3/t14-,20-/m0/s1. The Morgan fingerprint density at radius 2 is 2.08 bits per heavy atom. The first-order chi connectivity index (χ1) is 12.2. The van der Waals surface area contributed by atoms with E-state index in [1.165, 1.54) is 10.9 Å². The monoisotopic (exact) mass is 373 g/mol. The first kappa shape index (κ1) is 17.5. The van der Waals surface area contributed by atoms with Crippen molar-refractivity contribution in [3.05, 3.63) is 39.9 Å². The third-order valence-electron chi connectivity index (χ3n) is 5.83. The van der Waals surface area contributed by atoms with Gasteiger partial charge >= 0.3 is 0 Å². The molecule has 2 heterocycles. The van der Waals surface area contributed by atoms with Crippen LogP contribution in [-0.2, 0) is 11.3 Å². The Morgan fingerprint density at radius 3 is 2.85 bits per heavy atom. The van der Waals surface area contributed by atoms with Gasteiger partial charge in [0.1, 0.15) is 6.54 Å². The number of nitrogens with zero attached hydrogens (tertiary/aromatic N) is 3. The van der Waals surface area contributed by atoms with Gasteiger partial charge in [-0.15, -0.1) is 0 Å². The van der Waals surface area contributed by atoms with E-state index in [9.17, 15) is 9.59 Å². The predicted octanol–water partition coefficient (Wildman–Crippen LogP) is 3.48. The lowest BCUT2D eigenvalue weighted by molar-refractivity contribution is -0.133. The number of likely N-dealkylation sites (tertiary alicyclic amines) is 1. The third kappa shape index (κ3) is 3.02. The molecular weight excluding hydrogens is 350 g/mol. The second-order valence-corrected chi connectivity index (χ2v) is 9.51. The maximum Gasteiger partial charge on any atom is 0.261 e. The van der Waals surface area contributed by atoms with Gasteiger partial charge in [-0.25, -0.2) is 4.98 Å². The summed E-state index contributed by atoms with van der Waals surface area (Å²) in [7, 11) is 0. The number of rotatable bonds is 2. The van der Waals surface area contributed by atoms with Crippen LogP contribution >= 0.6 is 11.6 Å².